The van der Waals surface area contributed by atoms with Crippen LogP contribution in [0.1, 0.15) is 32.5 Å². The Morgan fingerprint density at radius 3 is 2.78 bits per heavy atom. The number of nitrogens with one attached hydrogen (secondary N) is 1. The summed E-state index contributed by atoms with van der Waals surface area (Å²) in [6.07, 6.45) is 2.34. The number of aromatic nitrogens is 4. The molecule has 96 valence electrons. The molecule has 2 rings (SSSR count). The molecular formula is C13H19N5. The minimum Gasteiger partial charge on any atom is -0.307 e. The first kappa shape index (κ1) is 12.7. The second kappa shape index (κ2) is 6.26. The molecular weight excluding hydrogens is 226 g/mol. The number of hydrogen-bond donors (Lipinski definition) is 1. The van der Waals surface area contributed by atoms with Gasteiger partial charge in [0.1, 0.15) is 0 Å². The first-order chi connectivity index (χ1) is 8.81. The molecule has 0 aliphatic rings. The molecule has 1 unspecified atom stereocenters. The Labute approximate surface area is 107 Å². The number of benzene rings is 1. The molecule has 0 aliphatic heterocycles. The summed E-state index contributed by atoms with van der Waals surface area (Å²) in [4.78, 5) is 0. The van der Waals surface area contributed by atoms with E-state index in [-0.39, 0.29) is 0 Å². The normalized spacial score (nSPS) is 12.6. The summed E-state index contributed by atoms with van der Waals surface area (Å²) in [5.74, 6) is 0.837. The van der Waals surface area contributed by atoms with Crippen molar-refractivity contribution in [3.05, 3.63) is 36.2 Å². The Morgan fingerprint density at radius 1 is 1.28 bits per heavy atom. The van der Waals surface area contributed by atoms with Gasteiger partial charge in [-0.15, -0.1) is 5.10 Å². The summed E-state index contributed by atoms with van der Waals surface area (Å²) < 4.78 is 1.77. The molecule has 0 fully saturated rings. The van der Waals surface area contributed by atoms with Gasteiger partial charge in [-0.2, -0.15) is 4.68 Å². The lowest BCUT2D eigenvalue weighted by Crippen LogP contribution is -2.26. The van der Waals surface area contributed by atoms with Gasteiger partial charge in [0, 0.05) is 6.04 Å². The highest BCUT2D eigenvalue weighted by Gasteiger charge is 2.08. The zero-order valence-corrected chi connectivity index (χ0v) is 10.9. The molecule has 18 heavy (non-hydrogen) atoms. The van der Waals surface area contributed by atoms with Crippen LogP contribution in [0.25, 0.3) is 5.69 Å². The standard InChI is InChI=1S/C13H19N5/c1-3-7-11(2)14-10-13-15-16-17-18(13)12-8-5-4-6-9-12/h4-6,8-9,11,14H,3,7,10H2,1-2H3. The van der Waals surface area contributed by atoms with Gasteiger partial charge in [0.25, 0.3) is 0 Å². The van der Waals surface area contributed by atoms with Gasteiger partial charge in [-0.05, 0) is 35.9 Å². The first-order valence-electron chi connectivity index (χ1n) is 6.37. The Bertz CT molecular complexity index is 465. The highest BCUT2D eigenvalue weighted by molar-refractivity contribution is 5.30. The van der Waals surface area contributed by atoms with Crippen LogP contribution in [0.4, 0.5) is 0 Å². The van der Waals surface area contributed by atoms with Crippen molar-refractivity contribution in [1.29, 1.82) is 0 Å². The van der Waals surface area contributed by atoms with E-state index in [2.05, 4.69) is 34.7 Å². The lowest BCUT2D eigenvalue weighted by atomic mass is 10.2. The molecule has 0 saturated heterocycles. The molecule has 0 spiro atoms. The van der Waals surface area contributed by atoms with E-state index < -0.39 is 0 Å². The number of nitrogens with zero attached hydrogens (tertiary/aromatic N) is 4. The smallest absolute Gasteiger partial charge is 0.170 e. The van der Waals surface area contributed by atoms with Crippen LogP contribution in [-0.2, 0) is 6.54 Å². The van der Waals surface area contributed by atoms with Crippen LogP contribution in [0.3, 0.4) is 0 Å². The largest absolute Gasteiger partial charge is 0.307 e. The molecule has 5 nitrogen and oxygen atoms in total. The lowest BCUT2D eigenvalue weighted by molar-refractivity contribution is 0.495. The molecule has 5 heteroatoms. The Balaban J connectivity index is 2.05. The van der Waals surface area contributed by atoms with Crippen molar-refractivity contribution in [3.8, 4) is 5.69 Å². The number of tetrazole rings is 1. The molecule has 1 aromatic carbocycles. The van der Waals surface area contributed by atoms with Crippen molar-refractivity contribution < 1.29 is 0 Å². The minimum absolute atomic E-state index is 0.482. The zero-order valence-electron chi connectivity index (χ0n) is 10.9. The third-order valence-electron chi connectivity index (χ3n) is 2.87. The van der Waals surface area contributed by atoms with Gasteiger partial charge >= 0.3 is 0 Å². The second-order valence-corrected chi connectivity index (χ2v) is 4.41. The molecule has 0 radical (unpaired) electrons. The average molecular weight is 245 g/mol. The van der Waals surface area contributed by atoms with Crippen LogP contribution >= 0.6 is 0 Å². The fourth-order valence-corrected chi connectivity index (χ4v) is 1.89. The SMILES string of the molecule is CCCC(C)NCc1nnnn1-c1ccccc1. The van der Waals surface area contributed by atoms with E-state index in [9.17, 15) is 0 Å². The van der Waals surface area contributed by atoms with E-state index in [4.69, 9.17) is 0 Å². The maximum atomic E-state index is 4.06. The van der Waals surface area contributed by atoms with Crippen LogP contribution < -0.4 is 5.32 Å². The fraction of sp³-hybridized carbons (Fsp3) is 0.462. The van der Waals surface area contributed by atoms with Crippen LogP contribution in [0.15, 0.2) is 30.3 Å². The van der Waals surface area contributed by atoms with Gasteiger partial charge in [-0.1, -0.05) is 31.5 Å². The van der Waals surface area contributed by atoms with Crippen molar-refractivity contribution >= 4 is 0 Å². The Kier molecular flexibility index (Phi) is 4.41. The van der Waals surface area contributed by atoms with Crippen LogP contribution in [0.5, 0.6) is 0 Å². The van der Waals surface area contributed by atoms with E-state index in [0.717, 1.165) is 17.9 Å². The van der Waals surface area contributed by atoms with Crippen molar-refractivity contribution in [2.75, 3.05) is 0 Å². The number of hydrogen-bond acceptors (Lipinski definition) is 4. The quantitative estimate of drug-likeness (QED) is 0.845. The first-order valence-corrected chi connectivity index (χ1v) is 6.37. The predicted molar refractivity (Wildman–Crippen MR) is 70.4 cm³/mol. The second-order valence-electron chi connectivity index (χ2n) is 4.41. The summed E-state index contributed by atoms with van der Waals surface area (Å²) >= 11 is 0. The van der Waals surface area contributed by atoms with Crippen molar-refractivity contribution in [2.45, 2.75) is 39.3 Å². The summed E-state index contributed by atoms with van der Waals surface area (Å²) in [7, 11) is 0. The third kappa shape index (κ3) is 3.13. The van der Waals surface area contributed by atoms with Crippen LogP contribution in [0.2, 0.25) is 0 Å². The Morgan fingerprint density at radius 2 is 2.06 bits per heavy atom. The molecule has 0 saturated carbocycles. The van der Waals surface area contributed by atoms with Gasteiger partial charge in [-0.25, -0.2) is 0 Å². The third-order valence-corrected chi connectivity index (χ3v) is 2.87. The summed E-state index contributed by atoms with van der Waals surface area (Å²) in [5, 5.41) is 15.3. The zero-order chi connectivity index (χ0) is 12.8. The topological polar surface area (TPSA) is 55.6 Å². The van der Waals surface area contributed by atoms with Gasteiger partial charge < -0.3 is 5.32 Å². The summed E-state index contributed by atoms with van der Waals surface area (Å²) in [6.45, 7) is 5.05. The Hall–Kier alpha value is -1.75. The molecule has 1 atom stereocenters. The predicted octanol–water partition coefficient (Wildman–Crippen LogP) is 1.94. The fourth-order valence-electron chi connectivity index (χ4n) is 1.89. The minimum atomic E-state index is 0.482. The summed E-state index contributed by atoms with van der Waals surface area (Å²) in [6, 6.07) is 10.4. The maximum Gasteiger partial charge on any atom is 0.170 e. The average Bonchev–Trinajstić information content (AvgIpc) is 2.86. The highest BCUT2D eigenvalue weighted by atomic mass is 15.5. The number of para-hydroxylation sites is 1. The molecule has 0 bridgehead atoms. The van der Waals surface area contributed by atoms with Crippen LogP contribution in [-0.4, -0.2) is 26.2 Å². The van der Waals surface area contributed by atoms with E-state index >= 15 is 0 Å². The van der Waals surface area contributed by atoms with Gasteiger partial charge in [0.2, 0.25) is 0 Å². The molecule has 2 aromatic rings. The monoisotopic (exact) mass is 245 g/mol. The van der Waals surface area contributed by atoms with Gasteiger partial charge in [-0.3, -0.25) is 0 Å². The maximum absolute atomic E-state index is 4.06. The van der Waals surface area contributed by atoms with Crippen molar-refractivity contribution in [3.63, 3.8) is 0 Å². The van der Waals surface area contributed by atoms with E-state index in [1.54, 1.807) is 4.68 Å². The number of rotatable bonds is 6. The van der Waals surface area contributed by atoms with Gasteiger partial charge in [0.05, 0.1) is 12.2 Å². The molecule has 0 amide bonds. The van der Waals surface area contributed by atoms with Crippen molar-refractivity contribution in [1.82, 2.24) is 25.5 Å². The van der Waals surface area contributed by atoms with Crippen molar-refractivity contribution in [2.24, 2.45) is 0 Å². The highest BCUT2D eigenvalue weighted by Crippen LogP contribution is 2.07. The van der Waals surface area contributed by atoms with E-state index in [0.29, 0.717) is 12.6 Å². The van der Waals surface area contributed by atoms with E-state index in [1.165, 1.54) is 6.42 Å². The summed E-state index contributed by atoms with van der Waals surface area (Å²) in [5.41, 5.74) is 0.988. The molecule has 1 N–H and O–H groups in total. The molecule has 1 aromatic heterocycles. The molecule has 1 heterocycles. The van der Waals surface area contributed by atoms with E-state index in [1.807, 2.05) is 30.3 Å². The molecule has 0 aliphatic carbocycles. The lowest BCUT2D eigenvalue weighted by Gasteiger charge is -2.12. The van der Waals surface area contributed by atoms with Gasteiger partial charge in [0.15, 0.2) is 5.82 Å². The van der Waals surface area contributed by atoms with Crippen LogP contribution in [0, 0.1) is 0 Å².